The van der Waals surface area contributed by atoms with Gasteiger partial charge in [-0.25, -0.2) is 4.99 Å². The predicted molar refractivity (Wildman–Crippen MR) is 140 cm³/mol. The molecule has 0 aromatic heterocycles. The van der Waals surface area contributed by atoms with Gasteiger partial charge in [0.05, 0.1) is 12.9 Å². The van der Waals surface area contributed by atoms with Gasteiger partial charge in [-0.3, -0.25) is 4.99 Å². The zero-order chi connectivity index (χ0) is 22.9. The summed E-state index contributed by atoms with van der Waals surface area (Å²) in [5, 5.41) is 3.49. The molecule has 2 aliphatic heterocycles. The first-order valence-corrected chi connectivity index (χ1v) is 13.1. The fourth-order valence-electron chi connectivity index (χ4n) is 5.58. The molecule has 1 aromatic carbocycles. The number of benzene rings is 1. The molecule has 1 saturated carbocycles. The highest BCUT2D eigenvalue weighted by Crippen LogP contribution is 2.33. The minimum absolute atomic E-state index is 0.284. The average Bonchev–Trinajstić information content (AvgIpc) is 3.42. The summed E-state index contributed by atoms with van der Waals surface area (Å²) in [5.74, 6) is 2.43. The molecular weight excluding hydrogens is 408 g/mol. The van der Waals surface area contributed by atoms with Crippen molar-refractivity contribution in [2.24, 2.45) is 15.7 Å². The standard InChI is InChI=1S/C27H42N6/c1-2-26(31-27(20-29-21-28)33-16-6-3-7-17-33)30-24-12-10-22(11-13-24)23-14-18-32(19-15-23)25-8-4-5-9-25/h2,10-13,20,23,25,30H,3-9,14-19,21,28H2,1H3/b26-2+,29-20-,31-27+. The van der Waals surface area contributed by atoms with E-state index < -0.39 is 0 Å². The highest BCUT2D eigenvalue weighted by Gasteiger charge is 2.27. The molecule has 0 atom stereocenters. The Bertz CT molecular complexity index is 808. The van der Waals surface area contributed by atoms with E-state index in [4.69, 9.17) is 10.7 Å². The van der Waals surface area contributed by atoms with Crippen LogP contribution >= 0.6 is 0 Å². The summed E-state index contributed by atoms with van der Waals surface area (Å²) >= 11 is 0. The van der Waals surface area contributed by atoms with Crippen LogP contribution < -0.4 is 11.1 Å². The molecule has 6 heteroatoms. The SMILES string of the molecule is C/C=C(/N=C(\C=N/CN)N1CCCCC1)Nc1ccc(C2CCN(C3CCCC3)CC2)cc1. The van der Waals surface area contributed by atoms with Gasteiger partial charge in [-0.2, -0.15) is 0 Å². The predicted octanol–water partition coefficient (Wildman–Crippen LogP) is 4.95. The van der Waals surface area contributed by atoms with E-state index in [9.17, 15) is 0 Å². The molecule has 3 N–H and O–H groups in total. The number of nitrogens with two attached hydrogens (primary N) is 1. The van der Waals surface area contributed by atoms with Crippen molar-refractivity contribution >= 4 is 17.7 Å². The average molecular weight is 451 g/mol. The third-order valence-electron chi connectivity index (χ3n) is 7.53. The number of nitrogens with one attached hydrogen (secondary N) is 1. The fraction of sp³-hybridized carbons (Fsp3) is 0.630. The molecule has 1 aromatic rings. The van der Waals surface area contributed by atoms with E-state index in [0.29, 0.717) is 5.92 Å². The Hall–Kier alpha value is -2.18. The van der Waals surface area contributed by atoms with Crippen molar-refractivity contribution in [1.29, 1.82) is 0 Å². The van der Waals surface area contributed by atoms with Crippen LogP contribution in [0, 0.1) is 0 Å². The molecular formula is C27H42N6. The second-order valence-corrected chi connectivity index (χ2v) is 9.68. The Balaban J connectivity index is 1.35. The summed E-state index contributed by atoms with van der Waals surface area (Å²) in [7, 11) is 0. The molecule has 2 saturated heterocycles. The van der Waals surface area contributed by atoms with Gasteiger partial charge in [0.2, 0.25) is 0 Å². The first kappa shape index (κ1) is 24.0. The molecule has 0 bridgehead atoms. The second-order valence-electron chi connectivity index (χ2n) is 9.68. The van der Waals surface area contributed by atoms with E-state index in [2.05, 4.69) is 44.4 Å². The lowest BCUT2D eigenvalue weighted by Gasteiger charge is -2.36. The van der Waals surface area contributed by atoms with Gasteiger partial charge in [0.1, 0.15) is 11.7 Å². The molecule has 0 amide bonds. The normalized spacial score (nSPS) is 22.4. The Morgan fingerprint density at radius 2 is 1.67 bits per heavy atom. The number of likely N-dealkylation sites (tertiary alicyclic amines) is 2. The van der Waals surface area contributed by atoms with Gasteiger partial charge in [-0.05, 0) is 94.6 Å². The lowest BCUT2D eigenvalue weighted by Crippen LogP contribution is -2.39. The quantitative estimate of drug-likeness (QED) is 0.455. The number of hydrogen-bond donors (Lipinski definition) is 2. The summed E-state index contributed by atoms with van der Waals surface area (Å²) in [5.41, 5.74) is 8.15. The number of amidine groups is 1. The largest absolute Gasteiger partial charge is 0.355 e. The van der Waals surface area contributed by atoms with E-state index in [0.717, 1.165) is 36.5 Å². The van der Waals surface area contributed by atoms with Crippen LogP contribution in [0.5, 0.6) is 0 Å². The zero-order valence-corrected chi connectivity index (χ0v) is 20.4. The van der Waals surface area contributed by atoms with Gasteiger partial charge in [0.15, 0.2) is 0 Å². The van der Waals surface area contributed by atoms with Crippen molar-refractivity contribution in [2.75, 3.05) is 38.2 Å². The maximum absolute atomic E-state index is 5.60. The van der Waals surface area contributed by atoms with E-state index in [-0.39, 0.29) is 6.67 Å². The van der Waals surface area contributed by atoms with Gasteiger partial charge in [0, 0.05) is 24.8 Å². The van der Waals surface area contributed by atoms with Crippen molar-refractivity contribution in [1.82, 2.24) is 9.80 Å². The number of hydrogen-bond acceptors (Lipinski definition) is 5. The topological polar surface area (TPSA) is 69.2 Å². The molecule has 1 aliphatic carbocycles. The maximum Gasteiger partial charge on any atom is 0.149 e. The minimum atomic E-state index is 0.284. The first-order chi connectivity index (χ1) is 16.3. The van der Waals surface area contributed by atoms with Gasteiger partial charge in [0.25, 0.3) is 0 Å². The Morgan fingerprint density at radius 1 is 0.970 bits per heavy atom. The first-order valence-electron chi connectivity index (χ1n) is 13.1. The molecule has 180 valence electrons. The van der Waals surface area contributed by atoms with Crippen molar-refractivity contribution in [3.8, 4) is 0 Å². The third-order valence-corrected chi connectivity index (χ3v) is 7.53. The van der Waals surface area contributed by atoms with Crippen LogP contribution in [0.15, 0.2) is 46.1 Å². The number of rotatable bonds is 7. The van der Waals surface area contributed by atoms with Crippen LogP contribution in [-0.2, 0) is 0 Å². The summed E-state index contributed by atoms with van der Waals surface area (Å²) in [6.45, 7) is 6.88. The number of nitrogens with zero attached hydrogens (tertiary/aromatic N) is 4. The number of piperidine rings is 2. The van der Waals surface area contributed by atoms with E-state index >= 15 is 0 Å². The molecule has 0 spiro atoms. The molecule has 3 fully saturated rings. The van der Waals surface area contributed by atoms with Gasteiger partial charge in [-0.15, -0.1) is 0 Å². The molecule has 0 radical (unpaired) electrons. The van der Waals surface area contributed by atoms with E-state index in [1.54, 1.807) is 0 Å². The van der Waals surface area contributed by atoms with Crippen LogP contribution in [0.4, 0.5) is 5.69 Å². The third kappa shape index (κ3) is 6.67. The zero-order valence-electron chi connectivity index (χ0n) is 20.4. The van der Waals surface area contributed by atoms with Gasteiger partial charge < -0.3 is 20.9 Å². The van der Waals surface area contributed by atoms with Crippen molar-refractivity contribution in [2.45, 2.75) is 76.7 Å². The smallest absolute Gasteiger partial charge is 0.149 e. The van der Waals surface area contributed by atoms with E-state index in [1.807, 2.05) is 19.2 Å². The molecule has 0 unspecified atom stereocenters. The monoisotopic (exact) mass is 450 g/mol. The van der Waals surface area contributed by atoms with Crippen LogP contribution in [0.1, 0.15) is 76.2 Å². The fourth-order valence-corrected chi connectivity index (χ4v) is 5.58. The molecule has 2 heterocycles. The van der Waals surface area contributed by atoms with Crippen LogP contribution in [0.3, 0.4) is 0 Å². The molecule has 4 rings (SSSR count). The highest BCUT2D eigenvalue weighted by molar-refractivity contribution is 6.29. The minimum Gasteiger partial charge on any atom is -0.355 e. The maximum atomic E-state index is 5.60. The van der Waals surface area contributed by atoms with Crippen LogP contribution in [0.2, 0.25) is 0 Å². The highest BCUT2D eigenvalue weighted by atomic mass is 15.2. The lowest BCUT2D eigenvalue weighted by molar-refractivity contribution is 0.154. The van der Waals surface area contributed by atoms with Crippen LogP contribution in [0.25, 0.3) is 0 Å². The Kier molecular flexibility index (Phi) is 8.95. The Morgan fingerprint density at radius 3 is 2.30 bits per heavy atom. The molecule has 33 heavy (non-hydrogen) atoms. The van der Waals surface area contributed by atoms with Crippen molar-refractivity contribution < 1.29 is 0 Å². The van der Waals surface area contributed by atoms with Gasteiger partial charge in [-0.1, -0.05) is 25.0 Å². The molecule has 6 nitrogen and oxygen atoms in total. The number of aliphatic imine (C=N–C) groups is 2. The lowest BCUT2D eigenvalue weighted by atomic mass is 9.88. The number of anilines is 1. The second kappa shape index (κ2) is 12.3. The van der Waals surface area contributed by atoms with Crippen molar-refractivity contribution in [3.63, 3.8) is 0 Å². The van der Waals surface area contributed by atoms with Crippen molar-refractivity contribution in [3.05, 3.63) is 41.7 Å². The summed E-state index contributed by atoms with van der Waals surface area (Å²) in [4.78, 5) is 14.2. The summed E-state index contributed by atoms with van der Waals surface area (Å²) in [6, 6.07) is 9.87. The number of allylic oxidation sites excluding steroid dienone is 1. The molecule has 3 aliphatic rings. The summed E-state index contributed by atoms with van der Waals surface area (Å²) < 4.78 is 0. The van der Waals surface area contributed by atoms with E-state index in [1.165, 1.54) is 76.4 Å². The van der Waals surface area contributed by atoms with Gasteiger partial charge >= 0.3 is 0 Å². The van der Waals surface area contributed by atoms with Crippen LogP contribution in [-0.4, -0.2) is 60.7 Å². The summed E-state index contributed by atoms with van der Waals surface area (Å²) in [6.07, 6.45) is 15.8. The Labute approximate surface area is 200 Å².